The number of nitrogens with two attached hydrogens (primary N) is 1. The van der Waals surface area contributed by atoms with E-state index in [-0.39, 0.29) is 5.54 Å². The SMILES string of the molecule is CC1(c2cc(Cl)ccc2Cl)CN=C(N)N1Cc1cccs1. The molecule has 0 amide bonds. The Bertz CT molecular complexity index is 684. The van der Waals surface area contributed by atoms with Crippen molar-refractivity contribution in [1.29, 1.82) is 0 Å². The summed E-state index contributed by atoms with van der Waals surface area (Å²) in [5.41, 5.74) is 6.68. The minimum absolute atomic E-state index is 0.379. The topological polar surface area (TPSA) is 41.6 Å². The minimum atomic E-state index is -0.379. The molecule has 21 heavy (non-hydrogen) atoms. The fourth-order valence-electron chi connectivity index (χ4n) is 2.61. The van der Waals surface area contributed by atoms with Crippen LogP contribution in [-0.4, -0.2) is 17.4 Å². The number of hydrogen-bond acceptors (Lipinski definition) is 4. The highest BCUT2D eigenvalue weighted by Gasteiger charge is 2.41. The van der Waals surface area contributed by atoms with E-state index in [1.54, 1.807) is 17.4 Å². The van der Waals surface area contributed by atoms with Gasteiger partial charge in [0.25, 0.3) is 0 Å². The van der Waals surface area contributed by atoms with Crippen LogP contribution in [0.1, 0.15) is 17.4 Å². The molecule has 110 valence electrons. The van der Waals surface area contributed by atoms with Gasteiger partial charge in [0.1, 0.15) is 0 Å². The standard InChI is InChI=1S/C15H15Cl2N3S/c1-15(12-7-10(16)4-5-13(12)17)9-19-14(18)20(15)8-11-3-2-6-21-11/h2-7H,8-9H2,1H3,(H2,18,19). The molecule has 1 aliphatic rings. The highest BCUT2D eigenvalue weighted by Crippen LogP contribution is 2.39. The van der Waals surface area contributed by atoms with Crippen LogP contribution in [0.5, 0.6) is 0 Å². The molecule has 2 N–H and O–H groups in total. The van der Waals surface area contributed by atoms with Crippen LogP contribution in [0.2, 0.25) is 10.0 Å². The van der Waals surface area contributed by atoms with Gasteiger partial charge >= 0.3 is 0 Å². The summed E-state index contributed by atoms with van der Waals surface area (Å²) in [6.07, 6.45) is 0. The van der Waals surface area contributed by atoms with Gasteiger partial charge in [0.15, 0.2) is 5.96 Å². The predicted octanol–water partition coefficient (Wildman–Crippen LogP) is 4.10. The molecule has 3 rings (SSSR count). The summed E-state index contributed by atoms with van der Waals surface area (Å²) in [4.78, 5) is 7.75. The Morgan fingerprint density at radius 3 is 2.90 bits per heavy atom. The molecule has 0 spiro atoms. The molecule has 1 aliphatic heterocycles. The number of aliphatic imine (C=N–C) groups is 1. The molecule has 0 aliphatic carbocycles. The number of hydrogen-bond donors (Lipinski definition) is 1. The molecular weight excluding hydrogens is 325 g/mol. The number of nitrogens with zero attached hydrogens (tertiary/aromatic N) is 2. The summed E-state index contributed by atoms with van der Waals surface area (Å²) in [5.74, 6) is 0.543. The van der Waals surface area contributed by atoms with Crippen molar-refractivity contribution in [3.05, 3.63) is 56.2 Å². The van der Waals surface area contributed by atoms with Crippen molar-refractivity contribution in [3.8, 4) is 0 Å². The lowest BCUT2D eigenvalue weighted by Crippen LogP contribution is -2.46. The first-order chi connectivity index (χ1) is 10.0. The molecular formula is C15H15Cl2N3S. The first kappa shape index (κ1) is 14.7. The van der Waals surface area contributed by atoms with Gasteiger partial charge in [0.05, 0.1) is 18.6 Å². The zero-order valence-electron chi connectivity index (χ0n) is 11.5. The van der Waals surface area contributed by atoms with Crippen LogP contribution in [0.4, 0.5) is 0 Å². The number of guanidine groups is 1. The Morgan fingerprint density at radius 2 is 2.19 bits per heavy atom. The van der Waals surface area contributed by atoms with Gasteiger partial charge in [-0.1, -0.05) is 29.3 Å². The molecule has 1 unspecified atom stereocenters. The van der Waals surface area contributed by atoms with Crippen LogP contribution < -0.4 is 5.73 Å². The second-order valence-corrected chi connectivity index (χ2v) is 7.11. The Morgan fingerprint density at radius 1 is 1.38 bits per heavy atom. The summed E-state index contributed by atoms with van der Waals surface area (Å²) in [7, 11) is 0. The van der Waals surface area contributed by atoms with Gasteiger partial charge in [-0.25, -0.2) is 0 Å². The Hall–Kier alpha value is -1.23. The lowest BCUT2D eigenvalue weighted by molar-refractivity contribution is 0.219. The van der Waals surface area contributed by atoms with Gasteiger partial charge in [0, 0.05) is 14.9 Å². The third kappa shape index (κ3) is 2.63. The molecule has 6 heteroatoms. The van der Waals surface area contributed by atoms with Crippen LogP contribution in [0, 0.1) is 0 Å². The Balaban J connectivity index is 2.00. The number of halogens is 2. The van der Waals surface area contributed by atoms with Gasteiger partial charge in [-0.15, -0.1) is 11.3 Å². The lowest BCUT2D eigenvalue weighted by Gasteiger charge is -2.37. The molecule has 0 bridgehead atoms. The molecule has 0 saturated heterocycles. The predicted molar refractivity (Wildman–Crippen MR) is 90.2 cm³/mol. The first-order valence-electron chi connectivity index (χ1n) is 6.56. The first-order valence-corrected chi connectivity index (χ1v) is 8.20. The Kier molecular flexibility index (Phi) is 3.86. The van der Waals surface area contributed by atoms with Crippen molar-refractivity contribution in [2.45, 2.75) is 19.0 Å². The molecule has 0 fully saturated rings. The fraction of sp³-hybridized carbons (Fsp3) is 0.267. The smallest absolute Gasteiger partial charge is 0.192 e. The van der Waals surface area contributed by atoms with Crippen LogP contribution in [-0.2, 0) is 12.1 Å². The second-order valence-electron chi connectivity index (χ2n) is 5.24. The molecule has 1 atom stereocenters. The lowest BCUT2D eigenvalue weighted by atomic mass is 9.91. The van der Waals surface area contributed by atoms with E-state index in [2.05, 4.69) is 28.3 Å². The molecule has 2 heterocycles. The van der Waals surface area contributed by atoms with Crippen molar-refractivity contribution in [1.82, 2.24) is 4.90 Å². The summed E-state index contributed by atoms with van der Waals surface area (Å²) in [5, 5.41) is 3.41. The van der Waals surface area contributed by atoms with Gasteiger partial charge in [0.2, 0.25) is 0 Å². The van der Waals surface area contributed by atoms with Crippen LogP contribution in [0.15, 0.2) is 40.7 Å². The van der Waals surface area contributed by atoms with Crippen molar-refractivity contribution in [3.63, 3.8) is 0 Å². The van der Waals surface area contributed by atoms with Crippen molar-refractivity contribution < 1.29 is 0 Å². The monoisotopic (exact) mass is 339 g/mol. The van der Waals surface area contributed by atoms with E-state index in [0.29, 0.717) is 29.1 Å². The van der Waals surface area contributed by atoms with E-state index in [4.69, 9.17) is 28.9 Å². The van der Waals surface area contributed by atoms with Crippen molar-refractivity contribution in [2.75, 3.05) is 6.54 Å². The average molecular weight is 340 g/mol. The van der Waals surface area contributed by atoms with Crippen LogP contribution in [0.3, 0.4) is 0 Å². The van der Waals surface area contributed by atoms with Gasteiger partial charge < -0.3 is 10.6 Å². The number of benzene rings is 1. The van der Waals surface area contributed by atoms with Gasteiger partial charge in [-0.2, -0.15) is 0 Å². The van der Waals surface area contributed by atoms with Gasteiger partial charge in [-0.3, -0.25) is 4.99 Å². The minimum Gasteiger partial charge on any atom is -0.370 e. The van der Waals surface area contributed by atoms with Crippen molar-refractivity contribution in [2.24, 2.45) is 10.7 Å². The highest BCUT2D eigenvalue weighted by atomic mass is 35.5. The summed E-state index contributed by atoms with van der Waals surface area (Å²) in [6.45, 7) is 3.39. The van der Waals surface area contributed by atoms with E-state index >= 15 is 0 Å². The maximum atomic E-state index is 6.39. The molecule has 0 saturated carbocycles. The van der Waals surface area contributed by atoms with Crippen molar-refractivity contribution >= 4 is 40.5 Å². The molecule has 3 nitrogen and oxygen atoms in total. The maximum absolute atomic E-state index is 6.39. The third-order valence-corrected chi connectivity index (χ3v) is 5.25. The van der Waals surface area contributed by atoms with E-state index in [1.165, 1.54) is 4.88 Å². The fourth-order valence-corrected chi connectivity index (χ4v) is 3.80. The molecule has 0 radical (unpaired) electrons. The third-order valence-electron chi connectivity index (χ3n) is 3.82. The zero-order valence-corrected chi connectivity index (χ0v) is 13.8. The molecule has 1 aromatic carbocycles. The summed E-state index contributed by atoms with van der Waals surface area (Å²) in [6, 6.07) is 9.64. The van der Waals surface area contributed by atoms with E-state index in [1.807, 2.05) is 18.2 Å². The van der Waals surface area contributed by atoms with Gasteiger partial charge in [-0.05, 0) is 42.1 Å². The summed E-state index contributed by atoms with van der Waals surface area (Å²) < 4.78 is 0. The molecule has 2 aromatic rings. The highest BCUT2D eigenvalue weighted by molar-refractivity contribution is 7.09. The van der Waals surface area contributed by atoms with Crippen LogP contribution >= 0.6 is 34.5 Å². The molecule has 1 aromatic heterocycles. The largest absolute Gasteiger partial charge is 0.370 e. The second kappa shape index (κ2) is 5.52. The van der Waals surface area contributed by atoms with E-state index in [9.17, 15) is 0 Å². The van der Waals surface area contributed by atoms with E-state index < -0.39 is 0 Å². The quantitative estimate of drug-likeness (QED) is 0.914. The normalized spacial score (nSPS) is 21.7. The van der Waals surface area contributed by atoms with E-state index in [0.717, 1.165) is 5.56 Å². The average Bonchev–Trinajstić information content (AvgIpc) is 3.06. The summed E-state index contributed by atoms with van der Waals surface area (Å²) >= 11 is 14.2. The maximum Gasteiger partial charge on any atom is 0.192 e. The zero-order chi connectivity index (χ0) is 15.0. The van der Waals surface area contributed by atoms with Crippen LogP contribution in [0.25, 0.3) is 0 Å². The Labute approximate surface area is 138 Å². The number of rotatable bonds is 3. The number of thiophene rings is 1.